The number of nitrogens with one attached hydrogen (secondary N) is 2. The molecule has 0 spiro atoms. The van der Waals surface area contributed by atoms with Gasteiger partial charge in [0.1, 0.15) is 11.6 Å². The van der Waals surface area contributed by atoms with Crippen LogP contribution in [-0.4, -0.2) is 38.3 Å². The number of carbonyl (C=O) groups excluding carboxylic acids is 1. The minimum atomic E-state index is -0.125. The van der Waals surface area contributed by atoms with Gasteiger partial charge in [0.15, 0.2) is 0 Å². The minimum Gasteiger partial charge on any atom is -0.497 e. The Kier molecular flexibility index (Phi) is 7.04. The second kappa shape index (κ2) is 9.52. The van der Waals surface area contributed by atoms with Gasteiger partial charge in [-0.2, -0.15) is 0 Å². The van der Waals surface area contributed by atoms with Gasteiger partial charge in [0.25, 0.3) is 5.91 Å². The average Bonchev–Trinajstić information content (AvgIpc) is 2.64. The van der Waals surface area contributed by atoms with Crippen molar-refractivity contribution in [3.8, 4) is 5.75 Å². The van der Waals surface area contributed by atoms with Gasteiger partial charge in [0.05, 0.1) is 12.7 Å². The Morgan fingerprint density at radius 2 is 1.92 bits per heavy atom. The molecule has 1 aromatic heterocycles. The number of hydrogen-bond acceptors (Lipinski definition) is 5. The quantitative estimate of drug-likeness (QED) is 0.692. The van der Waals surface area contributed by atoms with Crippen LogP contribution in [0.5, 0.6) is 5.75 Å². The molecular weight excluding hydrogens is 306 g/mol. The maximum atomic E-state index is 11.9. The third kappa shape index (κ3) is 5.55. The highest BCUT2D eigenvalue weighted by atomic mass is 16.5. The van der Waals surface area contributed by atoms with E-state index in [0.717, 1.165) is 23.6 Å². The van der Waals surface area contributed by atoms with Crippen LogP contribution in [0.25, 0.3) is 0 Å². The van der Waals surface area contributed by atoms with Crippen molar-refractivity contribution in [2.45, 2.75) is 13.0 Å². The molecule has 0 radical (unpaired) electrons. The highest BCUT2D eigenvalue weighted by Gasteiger charge is 2.05. The molecule has 2 aromatic rings. The number of nitrogens with zero attached hydrogens (tertiary/aromatic N) is 1. The average molecular weight is 329 g/mol. The van der Waals surface area contributed by atoms with E-state index in [0.29, 0.717) is 25.3 Å². The normalized spacial score (nSPS) is 10.2. The van der Waals surface area contributed by atoms with E-state index in [9.17, 15) is 4.79 Å². The van der Waals surface area contributed by atoms with Crippen molar-refractivity contribution in [3.63, 3.8) is 0 Å². The van der Waals surface area contributed by atoms with Crippen molar-refractivity contribution < 1.29 is 14.3 Å². The van der Waals surface area contributed by atoms with E-state index in [1.165, 1.54) is 0 Å². The molecule has 1 aromatic carbocycles. The highest BCUT2D eigenvalue weighted by Crippen LogP contribution is 2.13. The number of anilines is 1. The number of pyridine rings is 1. The highest BCUT2D eigenvalue weighted by molar-refractivity contribution is 5.94. The first-order chi connectivity index (χ1) is 11.7. The first kappa shape index (κ1) is 17.7. The van der Waals surface area contributed by atoms with E-state index in [4.69, 9.17) is 9.47 Å². The third-order valence-corrected chi connectivity index (χ3v) is 3.47. The lowest BCUT2D eigenvalue weighted by molar-refractivity contribution is 0.0948. The molecule has 2 rings (SSSR count). The van der Waals surface area contributed by atoms with Crippen molar-refractivity contribution >= 4 is 11.7 Å². The second-order valence-corrected chi connectivity index (χ2v) is 5.24. The Labute approximate surface area is 142 Å². The molecule has 0 aliphatic rings. The van der Waals surface area contributed by atoms with Crippen LogP contribution in [0.4, 0.5) is 5.82 Å². The molecule has 0 saturated heterocycles. The van der Waals surface area contributed by atoms with Crippen LogP contribution in [0.3, 0.4) is 0 Å². The molecule has 0 fully saturated rings. The topological polar surface area (TPSA) is 72.5 Å². The largest absolute Gasteiger partial charge is 0.497 e. The number of amides is 1. The number of benzene rings is 1. The molecule has 0 unspecified atom stereocenters. The summed E-state index contributed by atoms with van der Waals surface area (Å²) in [5.74, 6) is 1.43. The maximum Gasteiger partial charge on any atom is 0.252 e. The van der Waals surface area contributed by atoms with Crippen molar-refractivity contribution in [2.75, 3.05) is 32.7 Å². The Morgan fingerprint density at radius 1 is 1.12 bits per heavy atom. The number of aromatic nitrogens is 1. The zero-order valence-electron chi connectivity index (χ0n) is 14.0. The van der Waals surface area contributed by atoms with Gasteiger partial charge in [0.2, 0.25) is 0 Å². The molecule has 0 aliphatic heterocycles. The van der Waals surface area contributed by atoms with Crippen LogP contribution in [-0.2, 0) is 11.3 Å². The van der Waals surface area contributed by atoms with E-state index in [1.54, 1.807) is 32.5 Å². The predicted molar refractivity (Wildman–Crippen MR) is 93.4 cm³/mol. The van der Waals surface area contributed by atoms with E-state index in [-0.39, 0.29) is 5.91 Å². The number of rotatable bonds is 9. The SMILES string of the molecule is COCCCNC(=O)c1ccc(NCc2ccc(OC)cc2)nc1. The van der Waals surface area contributed by atoms with Crippen LogP contribution in [0.15, 0.2) is 42.6 Å². The molecule has 0 atom stereocenters. The van der Waals surface area contributed by atoms with Crippen LogP contribution < -0.4 is 15.4 Å². The summed E-state index contributed by atoms with van der Waals surface area (Å²) >= 11 is 0. The third-order valence-electron chi connectivity index (χ3n) is 3.47. The van der Waals surface area contributed by atoms with Gasteiger partial charge in [-0.15, -0.1) is 0 Å². The summed E-state index contributed by atoms with van der Waals surface area (Å²) in [5, 5.41) is 6.05. The summed E-state index contributed by atoms with van der Waals surface area (Å²) in [6, 6.07) is 11.4. The summed E-state index contributed by atoms with van der Waals surface area (Å²) in [7, 11) is 3.29. The molecule has 0 aliphatic carbocycles. The first-order valence-electron chi connectivity index (χ1n) is 7.83. The van der Waals surface area contributed by atoms with E-state index < -0.39 is 0 Å². The zero-order valence-corrected chi connectivity index (χ0v) is 14.0. The van der Waals surface area contributed by atoms with Gasteiger partial charge in [0, 0.05) is 33.0 Å². The summed E-state index contributed by atoms with van der Waals surface area (Å²) in [6.45, 7) is 1.87. The smallest absolute Gasteiger partial charge is 0.252 e. The lowest BCUT2D eigenvalue weighted by Gasteiger charge is -2.08. The predicted octanol–water partition coefficient (Wildman–Crippen LogP) is 2.47. The summed E-state index contributed by atoms with van der Waals surface area (Å²) < 4.78 is 10.1. The summed E-state index contributed by atoms with van der Waals surface area (Å²) in [4.78, 5) is 16.2. The van der Waals surface area contributed by atoms with Gasteiger partial charge >= 0.3 is 0 Å². The monoisotopic (exact) mass is 329 g/mol. The van der Waals surface area contributed by atoms with Crippen molar-refractivity contribution in [2.24, 2.45) is 0 Å². The molecule has 6 heteroatoms. The molecule has 0 saturated carbocycles. The zero-order chi connectivity index (χ0) is 17.2. The fourth-order valence-electron chi connectivity index (χ4n) is 2.09. The van der Waals surface area contributed by atoms with Crippen LogP contribution >= 0.6 is 0 Å². The van der Waals surface area contributed by atoms with Gasteiger partial charge in [-0.05, 0) is 36.2 Å². The van der Waals surface area contributed by atoms with Crippen LogP contribution in [0, 0.1) is 0 Å². The van der Waals surface area contributed by atoms with Gasteiger partial charge < -0.3 is 20.1 Å². The van der Waals surface area contributed by atoms with E-state index >= 15 is 0 Å². The number of carbonyl (C=O) groups is 1. The maximum absolute atomic E-state index is 11.9. The number of hydrogen-bond donors (Lipinski definition) is 2. The minimum absolute atomic E-state index is 0.125. The summed E-state index contributed by atoms with van der Waals surface area (Å²) in [6.07, 6.45) is 2.36. The number of ether oxygens (including phenoxy) is 2. The van der Waals surface area contributed by atoms with Gasteiger partial charge in [-0.1, -0.05) is 12.1 Å². The van der Waals surface area contributed by atoms with E-state index in [1.807, 2.05) is 24.3 Å². The Balaban J connectivity index is 1.81. The van der Waals surface area contributed by atoms with Crippen LogP contribution in [0.1, 0.15) is 22.3 Å². The standard InChI is InChI=1S/C18H23N3O3/c1-23-11-3-10-19-18(22)15-6-9-17(21-13-15)20-12-14-4-7-16(24-2)8-5-14/h4-9,13H,3,10-12H2,1-2H3,(H,19,22)(H,20,21). The Hall–Kier alpha value is -2.60. The lowest BCUT2D eigenvalue weighted by atomic mass is 10.2. The molecule has 128 valence electrons. The molecule has 24 heavy (non-hydrogen) atoms. The van der Waals surface area contributed by atoms with E-state index in [2.05, 4.69) is 15.6 Å². The lowest BCUT2D eigenvalue weighted by Crippen LogP contribution is -2.25. The Bertz CT molecular complexity index is 627. The van der Waals surface area contributed by atoms with Gasteiger partial charge in [-0.25, -0.2) is 4.98 Å². The van der Waals surface area contributed by atoms with Crippen molar-refractivity contribution in [1.82, 2.24) is 10.3 Å². The molecule has 1 heterocycles. The Morgan fingerprint density at radius 3 is 2.54 bits per heavy atom. The fraction of sp³-hybridized carbons (Fsp3) is 0.333. The van der Waals surface area contributed by atoms with Crippen molar-refractivity contribution in [3.05, 3.63) is 53.7 Å². The first-order valence-corrected chi connectivity index (χ1v) is 7.83. The molecular formula is C18H23N3O3. The van der Waals surface area contributed by atoms with Crippen molar-refractivity contribution in [1.29, 1.82) is 0 Å². The second-order valence-electron chi connectivity index (χ2n) is 5.24. The van der Waals surface area contributed by atoms with Gasteiger partial charge in [-0.3, -0.25) is 4.79 Å². The molecule has 0 bridgehead atoms. The van der Waals surface area contributed by atoms with Crippen LogP contribution in [0.2, 0.25) is 0 Å². The number of methoxy groups -OCH3 is 2. The molecule has 2 N–H and O–H groups in total. The fourth-order valence-corrected chi connectivity index (χ4v) is 2.09. The molecule has 6 nitrogen and oxygen atoms in total. The summed E-state index contributed by atoms with van der Waals surface area (Å²) in [5.41, 5.74) is 1.67. The molecule has 1 amide bonds.